The summed E-state index contributed by atoms with van der Waals surface area (Å²) < 4.78 is 43.0. The fraction of sp³-hybridized carbons (Fsp3) is 0.200. The van der Waals surface area contributed by atoms with Gasteiger partial charge in [-0.2, -0.15) is 8.42 Å². The van der Waals surface area contributed by atoms with E-state index in [0.717, 1.165) is 12.1 Å². The monoisotopic (exact) mass is 291 g/mol. The topological polar surface area (TPSA) is 121 Å². The first-order valence-electron chi connectivity index (χ1n) is 4.94. The molecule has 0 aromatic heterocycles. The smallest absolute Gasteiger partial charge is 0.327 e. The predicted octanol–water partition coefficient (Wildman–Crippen LogP) is -0.103. The van der Waals surface area contributed by atoms with Crippen molar-refractivity contribution in [3.63, 3.8) is 0 Å². The second-order valence-corrected chi connectivity index (χ2v) is 5.09. The number of nitrogens with one attached hydrogen (secondary N) is 1. The Morgan fingerprint density at radius 2 is 1.89 bits per heavy atom. The number of benzene rings is 1. The highest BCUT2D eigenvalue weighted by atomic mass is 32.2. The summed E-state index contributed by atoms with van der Waals surface area (Å²) in [7, 11) is -4.60. The van der Waals surface area contributed by atoms with Crippen LogP contribution in [0.15, 0.2) is 24.3 Å². The van der Waals surface area contributed by atoms with Crippen molar-refractivity contribution >= 4 is 22.0 Å². The molecule has 1 atom stereocenters. The number of hydrogen-bond acceptors (Lipinski definition) is 4. The molecule has 1 aromatic rings. The molecule has 0 spiro atoms. The van der Waals surface area contributed by atoms with E-state index in [2.05, 4.69) is 0 Å². The molecule has 9 heteroatoms. The van der Waals surface area contributed by atoms with Gasteiger partial charge in [0.15, 0.2) is 0 Å². The lowest BCUT2D eigenvalue weighted by Gasteiger charge is -2.13. The average Bonchev–Trinajstić information content (AvgIpc) is 2.26. The third kappa shape index (κ3) is 4.64. The van der Waals surface area contributed by atoms with Gasteiger partial charge in [0.25, 0.3) is 16.0 Å². The van der Waals surface area contributed by atoms with Crippen LogP contribution in [0.4, 0.5) is 4.39 Å². The highest BCUT2D eigenvalue weighted by molar-refractivity contribution is 7.85. The number of amides is 1. The van der Waals surface area contributed by atoms with Crippen molar-refractivity contribution < 1.29 is 32.1 Å². The van der Waals surface area contributed by atoms with Gasteiger partial charge in [-0.25, -0.2) is 9.18 Å². The number of aliphatic carboxylic acids is 1. The van der Waals surface area contributed by atoms with E-state index in [1.807, 2.05) is 5.32 Å². The standard InChI is InChI=1S/C10H10FNO6S/c11-7-4-2-1-3-6(7)9(13)12-8(10(14)15)5-19(16,17)18/h1-4,8H,5H2,(H,12,13)(H,14,15)(H,16,17,18). The summed E-state index contributed by atoms with van der Waals surface area (Å²) in [5.74, 6) is -4.84. The van der Waals surface area contributed by atoms with Gasteiger partial charge in [0, 0.05) is 0 Å². The lowest BCUT2D eigenvalue weighted by atomic mass is 10.2. The van der Waals surface area contributed by atoms with Crippen LogP contribution in [-0.2, 0) is 14.9 Å². The predicted molar refractivity (Wildman–Crippen MR) is 61.7 cm³/mol. The molecule has 104 valence electrons. The fourth-order valence-corrected chi connectivity index (χ4v) is 1.91. The van der Waals surface area contributed by atoms with Crippen LogP contribution in [0, 0.1) is 5.82 Å². The molecule has 1 rings (SSSR count). The molecule has 19 heavy (non-hydrogen) atoms. The zero-order valence-electron chi connectivity index (χ0n) is 9.41. The molecule has 0 aliphatic heterocycles. The van der Waals surface area contributed by atoms with Crippen molar-refractivity contribution in [1.29, 1.82) is 0 Å². The molecule has 7 nitrogen and oxygen atoms in total. The molecule has 3 N–H and O–H groups in total. The first-order valence-corrected chi connectivity index (χ1v) is 6.55. The number of carbonyl (C=O) groups excluding carboxylic acids is 1. The third-order valence-corrected chi connectivity index (χ3v) is 2.85. The zero-order chi connectivity index (χ0) is 14.6. The quantitative estimate of drug-likeness (QED) is 0.651. The van der Waals surface area contributed by atoms with E-state index in [9.17, 15) is 22.4 Å². The maximum Gasteiger partial charge on any atom is 0.327 e. The molecular weight excluding hydrogens is 281 g/mol. The number of halogens is 1. The van der Waals surface area contributed by atoms with Crippen molar-refractivity contribution in [2.75, 3.05) is 5.75 Å². The van der Waals surface area contributed by atoms with Gasteiger partial charge in [0.1, 0.15) is 17.6 Å². The van der Waals surface area contributed by atoms with Crippen LogP contribution in [-0.4, -0.2) is 41.7 Å². The normalized spacial score (nSPS) is 12.7. The van der Waals surface area contributed by atoms with Crippen molar-refractivity contribution in [2.24, 2.45) is 0 Å². The van der Waals surface area contributed by atoms with E-state index in [1.54, 1.807) is 0 Å². The number of rotatable bonds is 5. The Balaban J connectivity index is 2.89. The Bertz CT molecular complexity index is 600. The molecule has 1 aromatic carbocycles. The van der Waals surface area contributed by atoms with Gasteiger partial charge in [0.05, 0.1) is 5.56 Å². The Morgan fingerprint density at radius 1 is 1.32 bits per heavy atom. The van der Waals surface area contributed by atoms with Gasteiger partial charge in [-0.1, -0.05) is 12.1 Å². The number of hydrogen-bond donors (Lipinski definition) is 3. The summed E-state index contributed by atoms with van der Waals surface area (Å²) in [4.78, 5) is 22.3. The van der Waals surface area contributed by atoms with Crippen LogP contribution in [0.25, 0.3) is 0 Å². The highest BCUT2D eigenvalue weighted by Crippen LogP contribution is 2.06. The summed E-state index contributed by atoms with van der Waals surface area (Å²) in [5, 5.41) is 10.5. The van der Waals surface area contributed by atoms with Crippen LogP contribution in [0.2, 0.25) is 0 Å². The van der Waals surface area contributed by atoms with E-state index < -0.39 is 45.2 Å². The van der Waals surface area contributed by atoms with E-state index in [4.69, 9.17) is 9.66 Å². The number of carboxylic acids is 1. The summed E-state index contributed by atoms with van der Waals surface area (Å²) in [5.41, 5.74) is -0.427. The van der Waals surface area contributed by atoms with Gasteiger partial charge in [-0.3, -0.25) is 9.35 Å². The Labute approximate surface area is 107 Å². The highest BCUT2D eigenvalue weighted by Gasteiger charge is 2.26. The van der Waals surface area contributed by atoms with Crippen molar-refractivity contribution in [2.45, 2.75) is 6.04 Å². The van der Waals surface area contributed by atoms with Crippen molar-refractivity contribution in [3.05, 3.63) is 35.6 Å². The molecule has 0 saturated heterocycles. The van der Waals surface area contributed by atoms with Crippen molar-refractivity contribution in [1.82, 2.24) is 5.32 Å². The first-order chi connectivity index (χ1) is 8.70. The molecule has 1 unspecified atom stereocenters. The summed E-state index contributed by atoms with van der Waals surface area (Å²) in [6.07, 6.45) is 0. The van der Waals surface area contributed by atoms with Crippen LogP contribution >= 0.6 is 0 Å². The van der Waals surface area contributed by atoms with E-state index >= 15 is 0 Å². The maximum atomic E-state index is 13.3. The fourth-order valence-electron chi connectivity index (χ4n) is 1.27. The van der Waals surface area contributed by atoms with Crippen LogP contribution in [0.3, 0.4) is 0 Å². The van der Waals surface area contributed by atoms with Crippen LogP contribution in [0.1, 0.15) is 10.4 Å². The Hall–Kier alpha value is -2.00. The maximum absolute atomic E-state index is 13.3. The van der Waals surface area contributed by atoms with E-state index in [0.29, 0.717) is 0 Å². The molecule has 0 fully saturated rings. The summed E-state index contributed by atoms with van der Waals surface area (Å²) >= 11 is 0. The second-order valence-electron chi connectivity index (χ2n) is 3.59. The van der Waals surface area contributed by atoms with Gasteiger partial charge in [0.2, 0.25) is 0 Å². The SMILES string of the molecule is O=C(NC(CS(=O)(=O)O)C(=O)O)c1ccccc1F. The first kappa shape index (κ1) is 15.1. The number of carbonyl (C=O) groups is 2. The van der Waals surface area contributed by atoms with E-state index in [1.165, 1.54) is 12.1 Å². The van der Waals surface area contributed by atoms with Gasteiger partial charge in [-0.05, 0) is 12.1 Å². The summed E-state index contributed by atoms with van der Waals surface area (Å²) in [6, 6.07) is 2.92. The molecule has 0 radical (unpaired) electrons. The molecule has 0 heterocycles. The lowest BCUT2D eigenvalue weighted by molar-refractivity contribution is -0.138. The minimum absolute atomic E-state index is 0.427. The molecular formula is C10H10FNO6S. The van der Waals surface area contributed by atoms with Crippen LogP contribution < -0.4 is 5.32 Å². The Kier molecular flexibility index (Phi) is 4.57. The van der Waals surface area contributed by atoms with Crippen LogP contribution in [0.5, 0.6) is 0 Å². The van der Waals surface area contributed by atoms with Gasteiger partial charge in [-0.15, -0.1) is 0 Å². The lowest BCUT2D eigenvalue weighted by Crippen LogP contribution is -2.45. The Morgan fingerprint density at radius 3 is 2.37 bits per heavy atom. The summed E-state index contributed by atoms with van der Waals surface area (Å²) in [6.45, 7) is 0. The minimum atomic E-state index is -4.60. The molecule has 0 bridgehead atoms. The molecule has 1 amide bonds. The molecule has 0 aliphatic rings. The minimum Gasteiger partial charge on any atom is -0.480 e. The van der Waals surface area contributed by atoms with Gasteiger partial charge >= 0.3 is 5.97 Å². The molecule has 0 aliphatic carbocycles. The second kappa shape index (κ2) is 5.76. The third-order valence-electron chi connectivity index (χ3n) is 2.10. The zero-order valence-corrected chi connectivity index (χ0v) is 10.2. The molecule has 0 saturated carbocycles. The average molecular weight is 291 g/mol. The number of carboxylic acid groups (broad SMARTS) is 1. The van der Waals surface area contributed by atoms with E-state index in [-0.39, 0.29) is 0 Å². The largest absolute Gasteiger partial charge is 0.480 e. The van der Waals surface area contributed by atoms with Gasteiger partial charge < -0.3 is 10.4 Å². The van der Waals surface area contributed by atoms with Crippen molar-refractivity contribution in [3.8, 4) is 0 Å².